The molecule has 2 aliphatic heterocycles. The Kier molecular flexibility index (Phi) is 1.42. The maximum Gasteiger partial charge on any atom is 0.224 e. The van der Waals surface area contributed by atoms with Gasteiger partial charge in [0.05, 0.1) is 0 Å². The number of hydrogen-bond acceptors (Lipinski definition) is 2. The van der Waals surface area contributed by atoms with Crippen LogP contribution in [0.15, 0.2) is 48.5 Å². The number of nitrogens with zero attached hydrogens (tertiary/aromatic N) is 2. The Morgan fingerprint density at radius 3 is 3.29 bits per heavy atom. The Morgan fingerprint density at radius 1 is 1.43 bits per heavy atom. The van der Waals surface area contributed by atoms with Gasteiger partial charge in [-0.25, -0.2) is 0 Å². The second-order valence-electron chi connectivity index (χ2n) is 3.54. The van der Waals surface area contributed by atoms with Gasteiger partial charge in [-0.2, -0.15) is 4.57 Å². The van der Waals surface area contributed by atoms with Gasteiger partial charge >= 0.3 is 0 Å². The van der Waals surface area contributed by atoms with Crippen LogP contribution in [0.4, 0.5) is 0 Å². The zero-order valence-corrected chi connectivity index (χ0v) is 7.63. The zero-order chi connectivity index (χ0) is 9.54. The van der Waals surface area contributed by atoms with E-state index >= 15 is 0 Å². The molecule has 0 aromatic carbocycles. The molecule has 0 aliphatic carbocycles. The van der Waals surface area contributed by atoms with E-state index in [0.717, 1.165) is 0 Å². The molecule has 0 bridgehead atoms. The number of allylic oxidation sites excluding steroid dienone is 2. The van der Waals surface area contributed by atoms with Gasteiger partial charge in [-0.05, 0) is 5.88 Å². The van der Waals surface area contributed by atoms with Gasteiger partial charge in [0.15, 0.2) is 6.20 Å². The molecule has 3 rings (SSSR count). The van der Waals surface area contributed by atoms with Crippen LogP contribution in [0.1, 0.15) is 11.7 Å². The third kappa shape index (κ3) is 0.894. The van der Waals surface area contributed by atoms with Crippen molar-refractivity contribution >= 4 is 0 Å². The molecule has 14 heavy (non-hydrogen) atoms. The highest BCUT2D eigenvalue weighted by Crippen LogP contribution is 2.28. The number of hydrogen-bond donors (Lipinski definition) is 0. The fraction of sp³-hybridized carbons (Fsp3) is 0.182. The largest absolute Gasteiger partial charge is 0.860 e. The van der Waals surface area contributed by atoms with E-state index in [1.54, 1.807) is 6.08 Å². The van der Waals surface area contributed by atoms with Gasteiger partial charge in [0.1, 0.15) is 6.04 Å². The molecule has 0 radical (unpaired) electrons. The highest BCUT2D eigenvalue weighted by atomic mass is 16.3. The van der Waals surface area contributed by atoms with Crippen LogP contribution in [0.2, 0.25) is 0 Å². The summed E-state index contributed by atoms with van der Waals surface area (Å²) in [6.45, 7) is 0.667. The molecule has 3 heterocycles. The summed E-state index contributed by atoms with van der Waals surface area (Å²) in [5.41, 5.74) is 1.19. The topological polar surface area (TPSA) is 30.2 Å². The van der Waals surface area contributed by atoms with Crippen molar-refractivity contribution in [2.75, 3.05) is 0 Å². The smallest absolute Gasteiger partial charge is 0.224 e. The maximum atomic E-state index is 11.6. The maximum absolute atomic E-state index is 11.6. The van der Waals surface area contributed by atoms with Crippen molar-refractivity contribution in [3.63, 3.8) is 0 Å². The molecule has 0 saturated heterocycles. The summed E-state index contributed by atoms with van der Waals surface area (Å²) >= 11 is 0. The van der Waals surface area contributed by atoms with Crippen LogP contribution in [0, 0.1) is 0 Å². The van der Waals surface area contributed by atoms with E-state index in [4.69, 9.17) is 0 Å². The molecule has 0 fully saturated rings. The molecule has 0 amide bonds. The van der Waals surface area contributed by atoms with E-state index in [-0.39, 0.29) is 11.9 Å². The number of rotatable bonds is 0. The van der Waals surface area contributed by atoms with E-state index in [0.29, 0.717) is 6.67 Å². The van der Waals surface area contributed by atoms with Crippen LogP contribution in [-0.4, -0.2) is 4.90 Å². The summed E-state index contributed by atoms with van der Waals surface area (Å²) in [5.74, 6) is 0.0983. The van der Waals surface area contributed by atoms with Gasteiger partial charge in [0, 0.05) is 12.1 Å². The quantitative estimate of drug-likeness (QED) is 0.536. The fourth-order valence-corrected chi connectivity index (χ4v) is 2.05. The lowest BCUT2D eigenvalue weighted by Crippen LogP contribution is -2.37. The predicted octanol–water partition coefficient (Wildman–Crippen LogP) is 0.0598. The Hall–Kier alpha value is -1.77. The summed E-state index contributed by atoms with van der Waals surface area (Å²) < 4.78 is 2.10. The lowest BCUT2D eigenvalue weighted by atomic mass is 10.1. The first kappa shape index (κ1) is 7.62. The van der Waals surface area contributed by atoms with Gasteiger partial charge in [0.2, 0.25) is 12.4 Å². The normalized spacial score (nSPS) is 23.0. The van der Waals surface area contributed by atoms with Crippen LogP contribution in [0.25, 0.3) is 0 Å². The van der Waals surface area contributed by atoms with E-state index < -0.39 is 0 Å². The molecule has 0 N–H and O–H groups in total. The van der Waals surface area contributed by atoms with Crippen LogP contribution in [0.3, 0.4) is 0 Å². The molecule has 0 saturated carbocycles. The lowest BCUT2D eigenvalue weighted by molar-refractivity contribution is -0.703. The Bertz CT molecular complexity index is 437. The first-order valence-corrected chi connectivity index (χ1v) is 4.67. The molecule has 2 aliphatic rings. The van der Waals surface area contributed by atoms with E-state index in [1.165, 1.54) is 5.69 Å². The summed E-state index contributed by atoms with van der Waals surface area (Å²) in [7, 11) is 0. The fourth-order valence-electron chi connectivity index (χ4n) is 2.05. The molecule has 1 aromatic rings. The van der Waals surface area contributed by atoms with Crippen molar-refractivity contribution in [1.29, 1.82) is 0 Å². The van der Waals surface area contributed by atoms with E-state index in [2.05, 4.69) is 16.7 Å². The van der Waals surface area contributed by atoms with Crippen LogP contribution < -0.4 is 9.67 Å². The molecule has 1 unspecified atom stereocenters. The van der Waals surface area contributed by atoms with Gasteiger partial charge in [0.25, 0.3) is 0 Å². The lowest BCUT2D eigenvalue weighted by Gasteiger charge is -2.28. The van der Waals surface area contributed by atoms with E-state index in [1.807, 2.05) is 29.3 Å². The predicted molar refractivity (Wildman–Crippen MR) is 48.4 cm³/mol. The second kappa shape index (κ2) is 2.61. The van der Waals surface area contributed by atoms with Crippen molar-refractivity contribution in [3.05, 3.63) is 54.2 Å². The monoisotopic (exact) mass is 186 g/mol. The summed E-state index contributed by atoms with van der Waals surface area (Å²) in [5, 5.41) is 11.6. The van der Waals surface area contributed by atoms with Crippen molar-refractivity contribution in [1.82, 2.24) is 4.90 Å². The molecule has 3 heteroatoms. The summed E-state index contributed by atoms with van der Waals surface area (Å²) in [6, 6.07) is 6.19. The second-order valence-corrected chi connectivity index (χ2v) is 3.54. The zero-order valence-electron chi connectivity index (χ0n) is 7.63. The first-order chi connectivity index (χ1) is 6.86. The molecule has 1 aromatic heterocycles. The van der Waals surface area contributed by atoms with Crippen LogP contribution >= 0.6 is 0 Å². The van der Waals surface area contributed by atoms with Crippen molar-refractivity contribution < 1.29 is 9.67 Å². The highest BCUT2D eigenvalue weighted by Gasteiger charge is 2.34. The summed E-state index contributed by atoms with van der Waals surface area (Å²) in [4.78, 5) is 1.86. The van der Waals surface area contributed by atoms with Gasteiger partial charge in [-0.1, -0.05) is 24.3 Å². The van der Waals surface area contributed by atoms with Gasteiger partial charge in [-0.3, -0.25) is 0 Å². The number of pyridine rings is 1. The van der Waals surface area contributed by atoms with Crippen molar-refractivity contribution in [2.45, 2.75) is 12.7 Å². The van der Waals surface area contributed by atoms with Crippen molar-refractivity contribution in [2.24, 2.45) is 0 Å². The minimum atomic E-state index is 0.0983. The molecule has 1 atom stereocenters. The Morgan fingerprint density at radius 2 is 2.36 bits per heavy atom. The first-order valence-electron chi connectivity index (χ1n) is 4.67. The van der Waals surface area contributed by atoms with Crippen molar-refractivity contribution in [3.8, 4) is 0 Å². The standard InChI is InChI=1S/C11H10N2O/c14-11-6-3-5-10-9-4-1-2-7-12(9)8-13(10)11/h1-7,10H,8H2. The molecule has 70 valence electrons. The van der Waals surface area contributed by atoms with Crippen LogP contribution in [-0.2, 0) is 6.67 Å². The SMILES string of the molecule is [O-]C1=CC=CC2c3cccc[n+]3CN12. The number of fused-ring (bicyclic) bond motifs is 3. The minimum absolute atomic E-state index is 0.0983. The average molecular weight is 186 g/mol. The van der Waals surface area contributed by atoms with Gasteiger partial charge < -0.3 is 10.0 Å². The Labute approximate surface area is 82.2 Å². The van der Waals surface area contributed by atoms with Crippen LogP contribution in [0.5, 0.6) is 0 Å². The summed E-state index contributed by atoms with van der Waals surface area (Å²) in [6.07, 6.45) is 7.52. The average Bonchev–Trinajstić information content (AvgIpc) is 2.59. The molecule has 0 spiro atoms. The minimum Gasteiger partial charge on any atom is -0.860 e. The highest BCUT2D eigenvalue weighted by molar-refractivity contribution is 5.22. The molecule has 3 nitrogen and oxygen atoms in total. The molecular formula is C11H10N2O. The number of aromatic nitrogens is 1. The van der Waals surface area contributed by atoms with E-state index in [9.17, 15) is 5.11 Å². The molecular weight excluding hydrogens is 176 g/mol. The Balaban J connectivity index is 2.11. The third-order valence-corrected chi connectivity index (χ3v) is 2.73. The third-order valence-electron chi connectivity index (χ3n) is 2.73. The van der Waals surface area contributed by atoms with Gasteiger partial charge in [-0.15, -0.1) is 0 Å².